The largest absolute Gasteiger partial charge is 0.481 e. The number of primary amides is 1. The van der Waals surface area contributed by atoms with Gasteiger partial charge in [-0.15, -0.1) is 0 Å². The van der Waals surface area contributed by atoms with Gasteiger partial charge in [-0.25, -0.2) is 4.79 Å². The van der Waals surface area contributed by atoms with Crippen molar-refractivity contribution in [3.05, 3.63) is 65.4 Å². The van der Waals surface area contributed by atoms with Crippen LogP contribution in [0.5, 0.6) is 5.75 Å². The van der Waals surface area contributed by atoms with Crippen molar-refractivity contribution in [2.75, 3.05) is 6.61 Å². The molecular weight excluding hydrogens is 360 g/mol. The zero-order chi connectivity index (χ0) is 20.3. The highest BCUT2D eigenvalue weighted by atomic mass is 16.6. The number of para-hydroxylation sites is 2. The van der Waals surface area contributed by atoms with E-state index in [-0.39, 0.29) is 17.1 Å². The van der Waals surface area contributed by atoms with Crippen molar-refractivity contribution < 1.29 is 23.9 Å². The molecule has 0 saturated carbocycles. The molecule has 1 aromatic heterocycles. The first kappa shape index (κ1) is 19.2. The van der Waals surface area contributed by atoms with Crippen LogP contribution in [-0.4, -0.2) is 35.4 Å². The first-order valence-electron chi connectivity index (χ1n) is 8.71. The molecule has 1 amide bonds. The number of aryl methyl sites for hydroxylation is 1. The molecule has 0 radical (unpaired) electrons. The van der Waals surface area contributed by atoms with Crippen molar-refractivity contribution in [1.82, 2.24) is 4.98 Å². The van der Waals surface area contributed by atoms with Gasteiger partial charge in [-0.1, -0.05) is 30.3 Å². The van der Waals surface area contributed by atoms with Crippen molar-refractivity contribution in [2.45, 2.75) is 20.0 Å². The van der Waals surface area contributed by atoms with Crippen LogP contribution in [0.25, 0.3) is 10.9 Å². The van der Waals surface area contributed by atoms with Crippen molar-refractivity contribution in [2.24, 2.45) is 5.73 Å². The monoisotopic (exact) mass is 380 g/mol. The average molecular weight is 380 g/mol. The van der Waals surface area contributed by atoms with E-state index >= 15 is 0 Å². The summed E-state index contributed by atoms with van der Waals surface area (Å²) in [4.78, 5) is 39.4. The third kappa shape index (κ3) is 3.88. The van der Waals surface area contributed by atoms with Gasteiger partial charge in [-0.3, -0.25) is 9.59 Å². The standard InChI is InChI=1S/C21H20N2O5/c1-12-19(14-7-3-5-9-16(14)23-12)20(25)13(2)28-18(24)11-27-17-10-6-4-8-15(17)21(22)26/h3-10,13,23H,11H2,1-2H3,(H2,22,26)/t13-/m1/s1. The van der Waals surface area contributed by atoms with Crippen LogP contribution in [0.1, 0.15) is 33.3 Å². The number of fused-ring (bicyclic) bond motifs is 1. The molecule has 0 aliphatic rings. The minimum atomic E-state index is -0.986. The number of H-pyrrole nitrogens is 1. The Labute approximate surface area is 161 Å². The number of ether oxygens (including phenoxy) is 2. The van der Waals surface area contributed by atoms with Crippen LogP contribution in [0.2, 0.25) is 0 Å². The molecule has 2 aromatic carbocycles. The maximum absolute atomic E-state index is 12.8. The van der Waals surface area contributed by atoms with Crippen LogP contribution in [0.4, 0.5) is 0 Å². The highest BCUT2D eigenvalue weighted by molar-refractivity contribution is 6.11. The number of amides is 1. The quantitative estimate of drug-likeness (QED) is 0.484. The molecule has 0 saturated heterocycles. The number of carbonyl (C=O) groups is 3. The van der Waals surface area contributed by atoms with E-state index in [1.165, 1.54) is 19.1 Å². The summed E-state index contributed by atoms with van der Waals surface area (Å²) in [5, 5.41) is 0.777. The number of nitrogens with one attached hydrogen (secondary N) is 1. The van der Waals surface area contributed by atoms with E-state index in [2.05, 4.69) is 4.98 Å². The summed E-state index contributed by atoms with van der Waals surface area (Å²) in [5.41, 5.74) is 7.48. The molecule has 3 rings (SSSR count). The second kappa shape index (κ2) is 7.96. The van der Waals surface area contributed by atoms with E-state index in [1.54, 1.807) is 19.1 Å². The van der Waals surface area contributed by atoms with Gasteiger partial charge in [0.2, 0.25) is 5.78 Å². The van der Waals surface area contributed by atoms with Crippen LogP contribution in [0.3, 0.4) is 0 Å². The molecule has 0 fully saturated rings. The number of hydrogen-bond donors (Lipinski definition) is 2. The number of aromatic amines is 1. The zero-order valence-electron chi connectivity index (χ0n) is 15.5. The first-order valence-corrected chi connectivity index (χ1v) is 8.71. The fourth-order valence-electron chi connectivity index (χ4n) is 3.01. The number of benzene rings is 2. The number of carbonyl (C=O) groups excluding carboxylic acids is 3. The van der Waals surface area contributed by atoms with Gasteiger partial charge in [0.25, 0.3) is 5.91 Å². The second-order valence-electron chi connectivity index (χ2n) is 6.32. The predicted octanol–water partition coefficient (Wildman–Crippen LogP) is 2.77. The van der Waals surface area contributed by atoms with Crippen molar-refractivity contribution >= 4 is 28.6 Å². The topological polar surface area (TPSA) is 111 Å². The molecule has 7 heteroatoms. The smallest absolute Gasteiger partial charge is 0.344 e. The molecule has 28 heavy (non-hydrogen) atoms. The molecule has 0 unspecified atom stereocenters. The lowest BCUT2D eigenvalue weighted by molar-refractivity contribution is -0.148. The van der Waals surface area contributed by atoms with E-state index < -0.39 is 24.6 Å². The van der Waals surface area contributed by atoms with E-state index in [9.17, 15) is 14.4 Å². The van der Waals surface area contributed by atoms with E-state index in [0.717, 1.165) is 10.9 Å². The number of Topliss-reactive ketones (excluding diaryl/α,β-unsaturated/α-hetero) is 1. The lowest BCUT2D eigenvalue weighted by Crippen LogP contribution is -2.28. The Bertz CT molecular complexity index is 1050. The molecule has 7 nitrogen and oxygen atoms in total. The summed E-state index contributed by atoms with van der Waals surface area (Å²) < 4.78 is 10.6. The minimum absolute atomic E-state index is 0.161. The Kier molecular flexibility index (Phi) is 5.44. The number of nitrogens with two attached hydrogens (primary N) is 1. The van der Waals surface area contributed by atoms with Gasteiger partial charge < -0.3 is 20.2 Å². The maximum Gasteiger partial charge on any atom is 0.344 e. The second-order valence-corrected chi connectivity index (χ2v) is 6.32. The lowest BCUT2D eigenvalue weighted by atomic mass is 10.0. The van der Waals surface area contributed by atoms with Crippen LogP contribution in [0.15, 0.2) is 48.5 Å². The molecule has 0 aliphatic carbocycles. The minimum Gasteiger partial charge on any atom is -0.481 e. The molecule has 0 spiro atoms. The first-order chi connectivity index (χ1) is 13.4. The Hall–Kier alpha value is -3.61. The average Bonchev–Trinajstić information content (AvgIpc) is 3.01. The third-order valence-electron chi connectivity index (χ3n) is 4.32. The van der Waals surface area contributed by atoms with Crippen LogP contribution >= 0.6 is 0 Å². The van der Waals surface area contributed by atoms with Gasteiger partial charge in [0.15, 0.2) is 12.7 Å². The van der Waals surface area contributed by atoms with Crippen molar-refractivity contribution in [1.29, 1.82) is 0 Å². The van der Waals surface area contributed by atoms with Crippen LogP contribution < -0.4 is 10.5 Å². The van der Waals surface area contributed by atoms with Crippen molar-refractivity contribution in [3.8, 4) is 5.75 Å². The predicted molar refractivity (Wildman–Crippen MR) is 103 cm³/mol. The highest BCUT2D eigenvalue weighted by Gasteiger charge is 2.24. The van der Waals surface area contributed by atoms with Crippen molar-refractivity contribution in [3.63, 3.8) is 0 Å². The molecule has 3 aromatic rings. The van der Waals surface area contributed by atoms with Gasteiger partial charge in [-0.2, -0.15) is 0 Å². The molecule has 144 valence electrons. The number of aromatic nitrogens is 1. The van der Waals surface area contributed by atoms with E-state index in [0.29, 0.717) is 11.3 Å². The summed E-state index contributed by atoms with van der Waals surface area (Å²) >= 11 is 0. The molecule has 3 N–H and O–H groups in total. The fourth-order valence-corrected chi connectivity index (χ4v) is 3.01. The molecule has 0 aliphatic heterocycles. The van der Waals surface area contributed by atoms with Crippen LogP contribution in [-0.2, 0) is 9.53 Å². The Morgan fingerprint density at radius 2 is 1.75 bits per heavy atom. The summed E-state index contributed by atoms with van der Waals surface area (Å²) in [7, 11) is 0. The highest BCUT2D eigenvalue weighted by Crippen LogP contribution is 2.24. The van der Waals surface area contributed by atoms with E-state index in [1.807, 2.05) is 24.3 Å². The van der Waals surface area contributed by atoms with Crippen LogP contribution in [0, 0.1) is 6.92 Å². The SMILES string of the molecule is Cc1[nH]c2ccccc2c1C(=O)[C@@H](C)OC(=O)COc1ccccc1C(N)=O. The van der Waals surface area contributed by atoms with Gasteiger partial charge in [0.1, 0.15) is 5.75 Å². The Morgan fingerprint density at radius 3 is 2.50 bits per heavy atom. The van der Waals surface area contributed by atoms with Gasteiger partial charge in [0, 0.05) is 22.2 Å². The molecule has 1 heterocycles. The normalized spacial score (nSPS) is 11.8. The molecule has 1 atom stereocenters. The summed E-state index contributed by atoms with van der Waals surface area (Å²) in [6.07, 6.45) is -0.986. The maximum atomic E-state index is 12.8. The molecular formula is C21H20N2O5. The lowest BCUT2D eigenvalue weighted by Gasteiger charge is -2.14. The summed E-state index contributed by atoms with van der Waals surface area (Å²) in [5.74, 6) is -1.51. The van der Waals surface area contributed by atoms with Gasteiger partial charge in [-0.05, 0) is 32.0 Å². The summed E-state index contributed by atoms with van der Waals surface area (Å²) in [6.45, 7) is 2.86. The number of ketones is 1. The number of hydrogen-bond acceptors (Lipinski definition) is 5. The summed E-state index contributed by atoms with van der Waals surface area (Å²) in [6, 6.07) is 13.7. The Morgan fingerprint density at radius 1 is 1.07 bits per heavy atom. The Balaban J connectivity index is 1.67. The number of rotatable bonds is 7. The van der Waals surface area contributed by atoms with Gasteiger partial charge >= 0.3 is 5.97 Å². The third-order valence-corrected chi connectivity index (χ3v) is 4.32. The molecule has 0 bridgehead atoms. The number of esters is 1. The fraction of sp³-hybridized carbons (Fsp3) is 0.190. The van der Waals surface area contributed by atoms with E-state index in [4.69, 9.17) is 15.2 Å². The van der Waals surface area contributed by atoms with Gasteiger partial charge in [0.05, 0.1) is 5.56 Å². The zero-order valence-corrected chi connectivity index (χ0v) is 15.5.